The fourth-order valence-corrected chi connectivity index (χ4v) is 1.22. The summed E-state index contributed by atoms with van der Waals surface area (Å²) in [5, 5.41) is 11.8. The summed E-state index contributed by atoms with van der Waals surface area (Å²) < 4.78 is 9.99. The van der Waals surface area contributed by atoms with E-state index < -0.39 is 29.8 Å². The van der Waals surface area contributed by atoms with E-state index in [4.69, 9.17) is 9.47 Å². The maximum atomic E-state index is 11.7. The van der Waals surface area contributed by atoms with E-state index >= 15 is 0 Å². The maximum Gasteiger partial charge on any atom is 0.408 e. The number of esters is 1. The van der Waals surface area contributed by atoms with Crippen LogP contribution in [0.1, 0.15) is 47.5 Å². The van der Waals surface area contributed by atoms with Gasteiger partial charge in [-0.05, 0) is 34.1 Å². The Hall–Kier alpha value is -1.30. The zero-order chi connectivity index (χ0) is 15.1. The molecule has 1 amide bonds. The largest absolute Gasteiger partial charge is 0.464 e. The Morgan fingerprint density at radius 1 is 1.32 bits per heavy atom. The first-order chi connectivity index (χ1) is 8.67. The summed E-state index contributed by atoms with van der Waals surface area (Å²) in [7, 11) is 0. The highest BCUT2D eigenvalue weighted by Crippen LogP contribution is 2.08. The number of hydrogen-bond donors (Lipinski definition) is 2. The Kier molecular flexibility index (Phi) is 7.44. The van der Waals surface area contributed by atoms with Crippen LogP contribution < -0.4 is 5.32 Å². The molecule has 0 aromatic heterocycles. The van der Waals surface area contributed by atoms with E-state index in [1.54, 1.807) is 20.8 Å². The van der Waals surface area contributed by atoms with Crippen LogP contribution in [0.5, 0.6) is 0 Å². The van der Waals surface area contributed by atoms with Crippen molar-refractivity contribution in [2.45, 2.75) is 65.2 Å². The molecule has 112 valence electrons. The topological polar surface area (TPSA) is 84.9 Å². The highest BCUT2D eigenvalue weighted by molar-refractivity contribution is 5.82. The van der Waals surface area contributed by atoms with Gasteiger partial charge < -0.3 is 19.9 Å². The van der Waals surface area contributed by atoms with E-state index in [9.17, 15) is 14.7 Å². The molecule has 6 nitrogen and oxygen atoms in total. The van der Waals surface area contributed by atoms with Crippen LogP contribution in [0.3, 0.4) is 0 Å². The molecular formula is C13H25NO5. The fraction of sp³-hybridized carbons (Fsp3) is 0.846. The second-order valence-electron chi connectivity index (χ2n) is 5.39. The number of carbonyl (C=O) groups is 2. The number of alkyl carbamates (subject to hydrolysis) is 1. The van der Waals surface area contributed by atoms with Gasteiger partial charge in [0, 0.05) is 0 Å². The van der Waals surface area contributed by atoms with Crippen LogP contribution in [0.15, 0.2) is 0 Å². The Morgan fingerprint density at radius 2 is 1.89 bits per heavy atom. The van der Waals surface area contributed by atoms with Crippen LogP contribution in [0.2, 0.25) is 0 Å². The molecule has 19 heavy (non-hydrogen) atoms. The number of aliphatic hydroxyl groups is 1. The highest BCUT2D eigenvalue weighted by Gasteiger charge is 2.29. The van der Waals surface area contributed by atoms with Crippen molar-refractivity contribution in [3.8, 4) is 0 Å². The molecule has 0 bridgehead atoms. The lowest BCUT2D eigenvalue weighted by Gasteiger charge is -2.24. The van der Waals surface area contributed by atoms with Crippen LogP contribution >= 0.6 is 0 Å². The molecule has 0 aliphatic heterocycles. The minimum atomic E-state index is -1.12. The second kappa shape index (κ2) is 7.99. The van der Waals surface area contributed by atoms with Gasteiger partial charge in [-0.25, -0.2) is 9.59 Å². The molecule has 0 aliphatic rings. The summed E-state index contributed by atoms with van der Waals surface area (Å²) in [4.78, 5) is 23.3. The third kappa shape index (κ3) is 8.42. The van der Waals surface area contributed by atoms with E-state index in [-0.39, 0.29) is 6.61 Å². The SMILES string of the molecule is CCCCOC(=O)[C@@H](NC(=O)OC(C)(C)C)[C@@H](C)O. The van der Waals surface area contributed by atoms with Gasteiger partial charge in [-0.15, -0.1) is 0 Å². The van der Waals surface area contributed by atoms with Crippen molar-refractivity contribution in [1.29, 1.82) is 0 Å². The molecule has 0 rings (SSSR count). The molecule has 2 atom stereocenters. The van der Waals surface area contributed by atoms with Crippen molar-refractivity contribution < 1.29 is 24.2 Å². The summed E-state index contributed by atoms with van der Waals surface area (Å²) in [5.74, 6) is -0.658. The molecule has 0 aliphatic carbocycles. The molecule has 0 saturated carbocycles. The first kappa shape index (κ1) is 17.7. The van der Waals surface area contributed by atoms with E-state index in [1.165, 1.54) is 6.92 Å². The molecule has 0 radical (unpaired) electrons. The van der Waals surface area contributed by atoms with Gasteiger partial charge in [-0.3, -0.25) is 0 Å². The first-order valence-corrected chi connectivity index (χ1v) is 6.51. The number of amides is 1. The van der Waals surface area contributed by atoms with Crippen LogP contribution in [0.4, 0.5) is 4.79 Å². The van der Waals surface area contributed by atoms with Crippen LogP contribution in [-0.4, -0.2) is 41.5 Å². The molecule has 0 heterocycles. The minimum Gasteiger partial charge on any atom is -0.464 e. The van der Waals surface area contributed by atoms with Gasteiger partial charge in [0.2, 0.25) is 0 Å². The zero-order valence-electron chi connectivity index (χ0n) is 12.4. The third-order valence-corrected chi connectivity index (χ3v) is 2.15. The van der Waals surface area contributed by atoms with Crippen molar-refractivity contribution in [3.63, 3.8) is 0 Å². The highest BCUT2D eigenvalue weighted by atomic mass is 16.6. The molecule has 6 heteroatoms. The predicted octanol–water partition coefficient (Wildman–Crippen LogP) is 1.60. The Labute approximate surface area is 114 Å². The first-order valence-electron chi connectivity index (χ1n) is 6.51. The quantitative estimate of drug-likeness (QED) is 0.568. The van der Waals surface area contributed by atoms with Gasteiger partial charge in [-0.1, -0.05) is 13.3 Å². The van der Waals surface area contributed by atoms with E-state index in [0.717, 1.165) is 12.8 Å². The molecule has 0 aromatic carbocycles. The number of ether oxygens (including phenoxy) is 2. The summed E-state index contributed by atoms with van der Waals surface area (Å²) in [6.45, 7) is 8.78. The summed E-state index contributed by atoms with van der Waals surface area (Å²) in [6.07, 6.45) is -0.177. The van der Waals surface area contributed by atoms with Crippen molar-refractivity contribution >= 4 is 12.1 Å². The summed E-state index contributed by atoms with van der Waals surface area (Å²) >= 11 is 0. The Morgan fingerprint density at radius 3 is 2.32 bits per heavy atom. The normalized spacial score (nSPS) is 14.4. The molecule has 0 aromatic rings. The average molecular weight is 275 g/mol. The van der Waals surface area contributed by atoms with E-state index in [1.807, 2.05) is 6.92 Å². The predicted molar refractivity (Wildman–Crippen MR) is 70.7 cm³/mol. The Bertz CT molecular complexity index is 296. The van der Waals surface area contributed by atoms with Gasteiger partial charge in [0.25, 0.3) is 0 Å². The number of unbranched alkanes of at least 4 members (excludes halogenated alkanes) is 1. The standard InChI is InChI=1S/C13H25NO5/c1-6-7-8-18-11(16)10(9(2)15)14-12(17)19-13(3,4)5/h9-10,15H,6-8H2,1-5H3,(H,14,17)/t9-,10+/m1/s1. The summed E-state index contributed by atoms with van der Waals surface area (Å²) in [6, 6.07) is -1.12. The van der Waals surface area contributed by atoms with Crippen LogP contribution in [0.25, 0.3) is 0 Å². The smallest absolute Gasteiger partial charge is 0.408 e. The average Bonchev–Trinajstić information content (AvgIpc) is 2.23. The monoisotopic (exact) mass is 275 g/mol. The zero-order valence-corrected chi connectivity index (χ0v) is 12.4. The number of hydrogen-bond acceptors (Lipinski definition) is 5. The molecule has 0 unspecified atom stereocenters. The fourth-order valence-electron chi connectivity index (χ4n) is 1.22. The van der Waals surface area contributed by atoms with Gasteiger partial charge in [0.1, 0.15) is 5.60 Å². The minimum absolute atomic E-state index is 0.272. The molecule has 0 saturated heterocycles. The molecule has 2 N–H and O–H groups in total. The lowest BCUT2D eigenvalue weighted by molar-refractivity contribution is -0.149. The number of aliphatic hydroxyl groups excluding tert-OH is 1. The molecule has 0 spiro atoms. The third-order valence-electron chi connectivity index (χ3n) is 2.15. The lowest BCUT2D eigenvalue weighted by Crippen LogP contribution is -2.50. The second-order valence-corrected chi connectivity index (χ2v) is 5.39. The van der Waals surface area contributed by atoms with E-state index in [0.29, 0.717) is 0 Å². The Balaban J connectivity index is 4.40. The van der Waals surface area contributed by atoms with Gasteiger partial charge in [0.15, 0.2) is 6.04 Å². The van der Waals surface area contributed by atoms with Crippen molar-refractivity contribution in [3.05, 3.63) is 0 Å². The number of rotatable bonds is 6. The van der Waals surface area contributed by atoms with Crippen molar-refractivity contribution in [2.75, 3.05) is 6.61 Å². The molecule has 0 fully saturated rings. The maximum absolute atomic E-state index is 11.7. The van der Waals surface area contributed by atoms with Crippen LogP contribution in [0, 0.1) is 0 Å². The van der Waals surface area contributed by atoms with E-state index in [2.05, 4.69) is 5.32 Å². The van der Waals surface area contributed by atoms with Gasteiger partial charge in [0.05, 0.1) is 12.7 Å². The van der Waals surface area contributed by atoms with Crippen molar-refractivity contribution in [2.24, 2.45) is 0 Å². The van der Waals surface area contributed by atoms with Crippen LogP contribution in [-0.2, 0) is 14.3 Å². The molecular weight excluding hydrogens is 250 g/mol. The lowest BCUT2D eigenvalue weighted by atomic mass is 10.2. The van der Waals surface area contributed by atoms with Crippen molar-refractivity contribution in [1.82, 2.24) is 5.32 Å². The van der Waals surface area contributed by atoms with Gasteiger partial charge in [-0.2, -0.15) is 0 Å². The van der Waals surface area contributed by atoms with Gasteiger partial charge >= 0.3 is 12.1 Å². The summed E-state index contributed by atoms with van der Waals surface area (Å²) in [5.41, 5.74) is -0.667. The number of carbonyl (C=O) groups excluding carboxylic acids is 2. The number of nitrogens with one attached hydrogen (secondary N) is 1.